The fraction of sp³-hybridized carbons (Fsp3) is 0.545. The summed E-state index contributed by atoms with van der Waals surface area (Å²) in [4.78, 5) is 15.4. The molecule has 0 aromatic carbocycles. The molecule has 0 aliphatic rings. The van der Waals surface area contributed by atoms with E-state index >= 15 is 0 Å². The summed E-state index contributed by atoms with van der Waals surface area (Å²) >= 11 is 0. The number of aromatic nitrogens is 2. The highest BCUT2D eigenvalue weighted by molar-refractivity contribution is 5.85. The summed E-state index contributed by atoms with van der Waals surface area (Å²) < 4.78 is 25.8. The molecule has 1 heterocycles. The fourth-order valence-corrected chi connectivity index (χ4v) is 1.35. The van der Waals surface area contributed by atoms with E-state index in [1.54, 1.807) is 6.07 Å². The first-order chi connectivity index (χ1) is 8.47. The summed E-state index contributed by atoms with van der Waals surface area (Å²) in [5.41, 5.74) is 0. The Morgan fingerprint density at radius 2 is 2.28 bits per heavy atom. The molecule has 1 N–H and O–H groups in total. The maximum Gasteiger partial charge on any atom is 0.319 e. The first kappa shape index (κ1) is 14.1. The number of rotatable bonds is 5. The zero-order valence-corrected chi connectivity index (χ0v) is 10.1. The third kappa shape index (κ3) is 3.26. The molecule has 0 fully saturated rings. The lowest BCUT2D eigenvalue weighted by atomic mass is 10.1. The highest BCUT2D eigenvalue weighted by Crippen LogP contribution is 2.19. The zero-order valence-electron chi connectivity index (χ0n) is 10.1. The Balaban J connectivity index is 2.86. The molecule has 0 spiro atoms. The average Bonchev–Trinajstić information content (AvgIpc) is 2.76. The minimum atomic E-state index is -2.82. The van der Waals surface area contributed by atoms with Crippen LogP contribution in [0.15, 0.2) is 12.4 Å². The van der Waals surface area contributed by atoms with Crippen molar-refractivity contribution in [1.29, 1.82) is 5.26 Å². The topological polar surface area (TPSA) is 70.7 Å². The summed E-state index contributed by atoms with van der Waals surface area (Å²) in [5, 5.41) is 11.5. The van der Waals surface area contributed by atoms with Crippen LogP contribution < -0.4 is 5.32 Å². The number of carbonyl (C=O) groups excluding carboxylic acids is 1. The molecule has 0 aliphatic carbocycles. The molecule has 0 aliphatic heterocycles. The van der Waals surface area contributed by atoms with Crippen molar-refractivity contribution in [3.63, 3.8) is 0 Å². The lowest BCUT2D eigenvalue weighted by molar-refractivity contribution is -0.121. The Morgan fingerprint density at radius 1 is 1.61 bits per heavy atom. The summed E-state index contributed by atoms with van der Waals surface area (Å²) in [7, 11) is 0. The predicted octanol–water partition coefficient (Wildman–Crippen LogP) is 1.66. The average molecular weight is 256 g/mol. The number of halogens is 2. The van der Waals surface area contributed by atoms with Crippen LogP contribution in [0.3, 0.4) is 0 Å². The Hall–Kier alpha value is -1.97. The van der Waals surface area contributed by atoms with E-state index in [0.717, 1.165) is 12.4 Å². The van der Waals surface area contributed by atoms with Crippen molar-refractivity contribution in [1.82, 2.24) is 14.9 Å². The molecular formula is C11H14F2N4O. The van der Waals surface area contributed by atoms with Crippen molar-refractivity contribution in [2.75, 3.05) is 6.54 Å². The van der Waals surface area contributed by atoms with Crippen molar-refractivity contribution >= 4 is 5.91 Å². The first-order valence-corrected chi connectivity index (χ1v) is 5.45. The fourth-order valence-electron chi connectivity index (χ4n) is 1.35. The lowest BCUT2D eigenvalue weighted by Gasteiger charge is -2.13. The Bertz CT molecular complexity index is 450. The number of carbonyl (C=O) groups is 1. The van der Waals surface area contributed by atoms with E-state index in [9.17, 15) is 13.6 Å². The van der Waals surface area contributed by atoms with Gasteiger partial charge >= 0.3 is 6.55 Å². The van der Waals surface area contributed by atoms with Gasteiger partial charge in [0.15, 0.2) is 5.92 Å². The van der Waals surface area contributed by atoms with Gasteiger partial charge in [-0.2, -0.15) is 14.0 Å². The molecule has 0 unspecified atom stereocenters. The van der Waals surface area contributed by atoms with Gasteiger partial charge in [0.1, 0.15) is 5.82 Å². The SMILES string of the molecule is CC(C)CNC(=O)[C@H](C#N)c1nccn1C(F)F. The molecule has 7 heteroatoms. The van der Waals surface area contributed by atoms with Gasteiger partial charge in [-0.3, -0.25) is 9.36 Å². The van der Waals surface area contributed by atoms with E-state index in [1.807, 2.05) is 13.8 Å². The maximum absolute atomic E-state index is 12.6. The van der Waals surface area contributed by atoms with Gasteiger partial charge in [-0.15, -0.1) is 0 Å². The second kappa shape index (κ2) is 6.10. The molecule has 0 saturated carbocycles. The van der Waals surface area contributed by atoms with Crippen LogP contribution in [0.1, 0.15) is 32.1 Å². The van der Waals surface area contributed by atoms with Gasteiger partial charge in [-0.25, -0.2) is 4.98 Å². The number of nitrogens with one attached hydrogen (secondary N) is 1. The molecule has 0 saturated heterocycles. The summed E-state index contributed by atoms with van der Waals surface area (Å²) in [6.07, 6.45) is 2.18. The van der Waals surface area contributed by atoms with Crippen LogP contribution in [0.25, 0.3) is 0 Å². The molecule has 1 amide bonds. The molecule has 0 radical (unpaired) electrons. The van der Waals surface area contributed by atoms with Crippen LogP contribution in [0.5, 0.6) is 0 Å². The van der Waals surface area contributed by atoms with Gasteiger partial charge in [-0.1, -0.05) is 13.8 Å². The van der Waals surface area contributed by atoms with Crippen molar-refractivity contribution in [3.05, 3.63) is 18.2 Å². The molecule has 1 aromatic heterocycles. The minimum Gasteiger partial charge on any atom is -0.354 e. The van der Waals surface area contributed by atoms with Crippen molar-refractivity contribution < 1.29 is 13.6 Å². The third-order valence-corrected chi connectivity index (χ3v) is 2.24. The minimum absolute atomic E-state index is 0.211. The highest BCUT2D eigenvalue weighted by Gasteiger charge is 2.27. The van der Waals surface area contributed by atoms with Crippen molar-refractivity contribution in [3.8, 4) is 6.07 Å². The largest absolute Gasteiger partial charge is 0.354 e. The Labute approximate surface area is 103 Å². The smallest absolute Gasteiger partial charge is 0.319 e. The number of hydrogen-bond acceptors (Lipinski definition) is 3. The number of nitrogens with zero attached hydrogens (tertiary/aromatic N) is 3. The first-order valence-electron chi connectivity index (χ1n) is 5.45. The normalized spacial score (nSPS) is 12.5. The maximum atomic E-state index is 12.6. The van der Waals surface area contributed by atoms with Crippen LogP contribution in [-0.4, -0.2) is 22.0 Å². The van der Waals surface area contributed by atoms with Crippen LogP contribution in [0.2, 0.25) is 0 Å². The van der Waals surface area contributed by atoms with Crippen LogP contribution in [-0.2, 0) is 4.79 Å². The van der Waals surface area contributed by atoms with Crippen LogP contribution in [0, 0.1) is 17.2 Å². The number of hydrogen-bond donors (Lipinski definition) is 1. The highest BCUT2D eigenvalue weighted by atomic mass is 19.3. The molecule has 1 aromatic rings. The van der Waals surface area contributed by atoms with Gasteiger partial charge < -0.3 is 5.32 Å². The zero-order chi connectivity index (χ0) is 13.7. The molecule has 1 rings (SSSR count). The monoisotopic (exact) mass is 256 g/mol. The second-order valence-corrected chi connectivity index (χ2v) is 4.17. The van der Waals surface area contributed by atoms with Crippen molar-refractivity contribution in [2.24, 2.45) is 5.92 Å². The number of amides is 1. The van der Waals surface area contributed by atoms with Crippen LogP contribution >= 0.6 is 0 Å². The lowest BCUT2D eigenvalue weighted by Crippen LogP contribution is -2.33. The Kier molecular flexibility index (Phi) is 4.77. The number of imidazole rings is 1. The summed E-state index contributed by atoms with van der Waals surface area (Å²) in [6.45, 7) is 1.34. The second-order valence-electron chi connectivity index (χ2n) is 4.17. The number of nitriles is 1. The van der Waals surface area contributed by atoms with E-state index in [4.69, 9.17) is 5.26 Å². The molecule has 1 atom stereocenters. The van der Waals surface area contributed by atoms with Gasteiger partial charge in [0, 0.05) is 18.9 Å². The quantitative estimate of drug-likeness (QED) is 0.870. The van der Waals surface area contributed by atoms with Gasteiger partial charge in [0.05, 0.1) is 6.07 Å². The van der Waals surface area contributed by atoms with E-state index in [1.165, 1.54) is 0 Å². The molecule has 98 valence electrons. The molecule has 0 bridgehead atoms. The van der Waals surface area contributed by atoms with E-state index in [-0.39, 0.29) is 11.7 Å². The van der Waals surface area contributed by atoms with Gasteiger partial charge in [0.2, 0.25) is 5.91 Å². The summed E-state index contributed by atoms with van der Waals surface area (Å²) in [5.74, 6) is -1.97. The van der Waals surface area contributed by atoms with E-state index in [0.29, 0.717) is 11.1 Å². The van der Waals surface area contributed by atoms with Crippen molar-refractivity contribution in [2.45, 2.75) is 26.3 Å². The van der Waals surface area contributed by atoms with E-state index in [2.05, 4.69) is 10.3 Å². The third-order valence-electron chi connectivity index (χ3n) is 2.24. The molecular weight excluding hydrogens is 242 g/mol. The predicted molar refractivity (Wildman–Crippen MR) is 59.7 cm³/mol. The number of alkyl halides is 2. The van der Waals surface area contributed by atoms with Gasteiger partial charge in [0.25, 0.3) is 0 Å². The van der Waals surface area contributed by atoms with E-state index < -0.39 is 18.4 Å². The Morgan fingerprint density at radius 3 is 2.78 bits per heavy atom. The molecule has 5 nitrogen and oxygen atoms in total. The molecule has 18 heavy (non-hydrogen) atoms. The standard InChI is InChI=1S/C11H14F2N4O/c1-7(2)6-16-10(18)8(5-14)9-15-3-4-17(9)11(12)13/h3-4,7-8,11H,6H2,1-2H3,(H,16,18)/t8-/m1/s1. The summed E-state index contributed by atoms with van der Waals surface area (Å²) in [6, 6.07) is 1.69. The van der Waals surface area contributed by atoms with Crippen LogP contribution in [0.4, 0.5) is 8.78 Å². The van der Waals surface area contributed by atoms with Gasteiger partial charge in [-0.05, 0) is 5.92 Å².